The van der Waals surface area contributed by atoms with Crippen molar-refractivity contribution in [2.45, 2.75) is 39.2 Å². The molecule has 0 spiro atoms. The van der Waals surface area contributed by atoms with Crippen LogP contribution >= 0.6 is 15.9 Å². The lowest BCUT2D eigenvalue weighted by molar-refractivity contribution is -0.137. The summed E-state index contributed by atoms with van der Waals surface area (Å²) in [7, 11) is 0. The molecular formula is C12H20BrNO. The van der Waals surface area contributed by atoms with Crippen LogP contribution in [0.25, 0.3) is 0 Å². The number of hydrogen-bond donors (Lipinski definition) is 0. The summed E-state index contributed by atoms with van der Waals surface area (Å²) < 4.78 is 0. The fraction of sp³-hybridized carbons (Fsp3) is 0.917. The van der Waals surface area contributed by atoms with Gasteiger partial charge in [-0.3, -0.25) is 4.79 Å². The normalized spacial score (nSPS) is 32.9. The van der Waals surface area contributed by atoms with Crippen LogP contribution in [0, 0.1) is 17.8 Å². The molecule has 0 aromatic carbocycles. The summed E-state index contributed by atoms with van der Waals surface area (Å²) in [6, 6.07) is 0.340. The van der Waals surface area contributed by atoms with E-state index in [9.17, 15) is 4.79 Å². The number of rotatable bonds is 4. The van der Waals surface area contributed by atoms with E-state index in [0.717, 1.165) is 36.6 Å². The van der Waals surface area contributed by atoms with E-state index < -0.39 is 0 Å². The second-order valence-electron chi connectivity index (χ2n) is 5.24. The zero-order valence-electron chi connectivity index (χ0n) is 9.58. The highest BCUT2D eigenvalue weighted by molar-refractivity contribution is 9.09. The van der Waals surface area contributed by atoms with Gasteiger partial charge in [-0.25, -0.2) is 0 Å². The maximum atomic E-state index is 12.2. The molecule has 0 N–H and O–H groups in total. The average molecular weight is 274 g/mol. The van der Waals surface area contributed by atoms with Crippen LogP contribution in [0.1, 0.15) is 33.1 Å². The first kappa shape index (κ1) is 11.4. The molecule has 2 atom stereocenters. The number of hydrogen-bond acceptors (Lipinski definition) is 1. The zero-order valence-corrected chi connectivity index (χ0v) is 11.2. The number of fused-ring (bicyclic) bond motifs is 1. The number of carbonyl (C=O) groups is 1. The van der Waals surface area contributed by atoms with E-state index in [0.29, 0.717) is 17.9 Å². The molecule has 2 aliphatic carbocycles. The fourth-order valence-electron chi connectivity index (χ4n) is 2.86. The van der Waals surface area contributed by atoms with E-state index in [2.05, 4.69) is 29.8 Å². The van der Waals surface area contributed by atoms with Crippen molar-refractivity contribution < 1.29 is 4.79 Å². The predicted octanol–water partition coefficient (Wildman–Crippen LogP) is 2.66. The Morgan fingerprint density at radius 3 is 2.40 bits per heavy atom. The Kier molecular flexibility index (Phi) is 3.39. The molecule has 0 bridgehead atoms. The van der Waals surface area contributed by atoms with E-state index >= 15 is 0 Å². The summed E-state index contributed by atoms with van der Waals surface area (Å²) in [5.41, 5.74) is 0. The molecule has 2 saturated carbocycles. The minimum atomic E-state index is 0.340. The number of halogens is 1. The van der Waals surface area contributed by atoms with Crippen LogP contribution in [0.15, 0.2) is 0 Å². The Hall–Kier alpha value is -0.0500. The minimum absolute atomic E-state index is 0.340. The van der Waals surface area contributed by atoms with Gasteiger partial charge in [-0.1, -0.05) is 15.9 Å². The van der Waals surface area contributed by atoms with Crippen molar-refractivity contribution in [3.8, 4) is 0 Å². The van der Waals surface area contributed by atoms with Gasteiger partial charge in [0, 0.05) is 23.8 Å². The summed E-state index contributed by atoms with van der Waals surface area (Å²) >= 11 is 3.42. The van der Waals surface area contributed by atoms with Gasteiger partial charge in [0.15, 0.2) is 0 Å². The molecule has 3 heteroatoms. The Bertz CT molecular complexity index is 244. The number of nitrogens with zero attached hydrogens (tertiary/aromatic N) is 1. The van der Waals surface area contributed by atoms with Gasteiger partial charge >= 0.3 is 0 Å². The molecule has 0 aromatic rings. The highest BCUT2D eigenvalue weighted by Crippen LogP contribution is 2.54. The minimum Gasteiger partial charge on any atom is -0.339 e. The van der Waals surface area contributed by atoms with Gasteiger partial charge in [0.2, 0.25) is 5.91 Å². The van der Waals surface area contributed by atoms with Crippen LogP contribution in [0.2, 0.25) is 0 Å². The van der Waals surface area contributed by atoms with Crippen LogP contribution < -0.4 is 0 Å². The zero-order chi connectivity index (χ0) is 11.0. The van der Waals surface area contributed by atoms with Gasteiger partial charge in [0.1, 0.15) is 0 Å². The number of alkyl halides is 1. The molecule has 2 fully saturated rings. The molecule has 0 aromatic heterocycles. The molecule has 2 rings (SSSR count). The molecule has 0 aliphatic heterocycles. The summed E-state index contributed by atoms with van der Waals surface area (Å²) in [6.07, 6.45) is 3.72. The van der Waals surface area contributed by atoms with Crippen molar-refractivity contribution in [1.82, 2.24) is 4.90 Å². The lowest BCUT2D eigenvalue weighted by Crippen LogP contribution is -2.41. The van der Waals surface area contributed by atoms with Crippen molar-refractivity contribution in [3.63, 3.8) is 0 Å². The SMILES string of the molecule is CC(C)N(CCBr)C(=O)C1CC2CC2C1. The Morgan fingerprint density at radius 1 is 1.33 bits per heavy atom. The van der Waals surface area contributed by atoms with Gasteiger partial charge in [-0.2, -0.15) is 0 Å². The highest BCUT2D eigenvalue weighted by atomic mass is 79.9. The molecule has 0 heterocycles. The first-order chi connectivity index (χ1) is 7.13. The van der Waals surface area contributed by atoms with E-state index in [1.165, 1.54) is 6.42 Å². The quantitative estimate of drug-likeness (QED) is 0.722. The van der Waals surface area contributed by atoms with Gasteiger partial charge in [0.25, 0.3) is 0 Å². The fourth-order valence-corrected chi connectivity index (χ4v) is 3.25. The molecule has 2 nitrogen and oxygen atoms in total. The van der Waals surface area contributed by atoms with Crippen molar-refractivity contribution in [2.75, 3.05) is 11.9 Å². The monoisotopic (exact) mass is 273 g/mol. The summed E-state index contributed by atoms with van der Waals surface area (Å²) in [4.78, 5) is 14.3. The van der Waals surface area contributed by atoms with E-state index in [-0.39, 0.29) is 0 Å². The van der Waals surface area contributed by atoms with Crippen LogP contribution in [0.3, 0.4) is 0 Å². The molecule has 0 radical (unpaired) electrons. The van der Waals surface area contributed by atoms with Gasteiger partial charge in [-0.15, -0.1) is 0 Å². The second kappa shape index (κ2) is 4.44. The van der Waals surface area contributed by atoms with Gasteiger partial charge < -0.3 is 4.90 Å². The average Bonchev–Trinajstić information content (AvgIpc) is 2.81. The van der Waals surface area contributed by atoms with E-state index in [4.69, 9.17) is 0 Å². The topological polar surface area (TPSA) is 20.3 Å². The maximum absolute atomic E-state index is 12.2. The van der Waals surface area contributed by atoms with Crippen LogP contribution in [0.5, 0.6) is 0 Å². The first-order valence-electron chi connectivity index (χ1n) is 6.00. The molecule has 1 amide bonds. The second-order valence-corrected chi connectivity index (χ2v) is 6.03. The summed E-state index contributed by atoms with van der Waals surface area (Å²) in [5, 5.41) is 0.885. The maximum Gasteiger partial charge on any atom is 0.225 e. The van der Waals surface area contributed by atoms with Gasteiger partial charge in [0.05, 0.1) is 0 Å². The van der Waals surface area contributed by atoms with Crippen LogP contribution in [-0.2, 0) is 4.79 Å². The smallest absolute Gasteiger partial charge is 0.225 e. The van der Waals surface area contributed by atoms with Crippen molar-refractivity contribution in [3.05, 3.63) is 0 Å². The number of carbonyl (C=O) groups excluding carboxylic acids is 1. The Morgan fingerprint density at radius 2 is 1.93 bits per heavy atom. The van der Waals surface area contributed by atoms with E-state index in [1.807, 2.05) is 4.90 Å². The predicted molar refractivity (Wildman–Crippen MR) is 65.0 cm³/mol. The van der Waals surface area contributed by atoms with Crippen molar-refractivity contribution >= 4 is 21.8 Å². The van der Waals surface area contributed by atoms with Crippen molar-refractivity contribution in [1.29, 1.82) is 0 Å². The molecule has 2 aliphatic rings. The van der Waals surface area contributed by atoms with Crippen LogP contribution in [0.4, 0.5) is 0 Å². The largest absolute Gasteiger partial charge is 0.339 e. The third-order valence-corrected chi connectivity index (χ3v) is 4.18. The number of amides is 1. The first-order valence-corrected chi connectivity index (χ1v) is 7.12. The van der Waals surface area contributed by atoms with Crippen LogP contribution in [-0.4, -0.2) is 28.7 Å². The molecule has 2 unspecified atom stereocenters. The standard InChI is InChI=1S/C12H20BrNO/c1-8(2)14(4-3-13)12(15)11-6-9-5-10(9)7-11/h8-11H,3-7H2,1-2H3. The molecule has 86 valence electrons. The Balaban J connectivity index is 1.91. The third kappa shape index (κ3) is 2.38. The summed E-state index contributed by atoms with van der Waals surface area (Å²) in [5.74, 6) is 2.54. The molecule has 15 heavy (non-hydrogen) atoms. The lowest BCUT2D eigenvalue weighted by Gasteiger charge is -2.29. The Labute approximate surface area is 101 Å². The third-order valence-electron chi connectivity index (χ3n) is 3.82. The highest BCUT2D eigenvalue weighted by Gasteiger charge is 2.48. The van der Waals surface area contributed by atoms with E-state index in [1.54, 1.807) is 0 Å². The lowest BCUT2D eigenvalue weighted by atomic mass is 10.0. The van der Waals surface area contributed by atoms with Crippen molar-refractivity contribution in [2.24, 2.45) is 17.8 Å². The molecular weight excluding hydrogens is 254 g/mol. The van der Waals surface area contributed by atoms with Gasteiger partial charge in [-0.05, 0) is 44.9 Å². The molecule has 0 saturated heterocycles. The summed E-state index contributed by atoms with van der Waals surface area (Å²) in [6.45, 7) is 5.06.